The van der Waals surface area contributed by atoms with Gasteiger partial charge in [-0.15, -0.1) is 0 Å². The topological polar surface area (TPSA) is 73.1 Å². The summed E-state index contributed by atoms with van der Waals surface area (Å²) in [4.78, 5) is 13.7. The highest BCUT2D eigenvalue weighted by Gasteiger charge is 2.24. The van der Waals surface area contributed by atoms with Crippen LogP contribution in [0.2, 0.25) is 0 Å². The fraction of sp³-hybridized carbons (Fsp3) is 0.333. The Balaban J connectivity index is 1.34. The summed E-state index contributed by atoms with van der Waals surface area (Å²) in [6, 6.07) is 11.8. The molecule has 8 nitrogen and oxygen atoms in total. The Kier molecular flexibility index (Phi) is 5.45. The van der Waals surface area contributed by atoms with Gasteiger partial charge in [0.2, 0.25) is 0 Å². The third kappa shape index (κ3) is 3.56. The Morgan fingerprint density at radius 1 is 0.875 bits per heavy atom. The van der Waals surface area contributed by atoms with Gasteiger partial charge in [0.15, 0.2) is 22.9 Å². The monoisotopic (exact) mass is 434 g/mol. The van der Waals surface area contributed by atoms with Gasteiger partial charge in [0.25, 0.3) is 0 Å². The molecule has 0 amide bonds. The zero-order valence-corrected chi connectivity index (χ0v) is 18.5. The van der Waals surface area contributed by atoms with Gasteiger partial charge >= 0.3 is 0 Å². The summed E-state index contributed by atoms with van der Waals surface area (Å²) in [6.45, 7) is 4.24. The Bertz CT molecular complexity index is 1250. The lowest BCUT2D eigenvalue weighted by Crippen LogP contribution is -2.46. The Morgan fingerprint density at radius 3 is 2.34 bits per heavy atom. The number of hydrogen-bond donors (Lipinski definition) is 0. The van der Waals surface area contributed by atoms with E-state index in [1.54, 1.807) is 27.7 Å². The lowest BCUT2D eigenvalue weighted by molar-refractivity contribution is 0.244. The number of benzene rings is 2. The van der Waals surface area contributed by atoms with Crippen LogP contribution in [0.5, 0.6) is 17.2 Å². The molecule has 3 heterocycles. The molecule has 2 aromatic carbocycles. The number of fused-ring (bicyclic) bond motifs is 3. The number of ether oxygens (including phenoxy) is 3. The summed E-state index contributed by atoms with van der Waals surface area (Å²) in [5, 5.41) is 1.02. The Labute approximate surface area is 186 Å². The van der Waals surface area contributed by atoms with Crippen LogP contribution in [-0.2, 0) is 6.54 Å². The zero-order chi connectivity index (χ0) is 22.1. The predicted molar refractivity (Wildman–Crippen MR) is 123 cm³/mol. The van der Waals surface area contributed by atoms with Crippen molar-refractivity contribution in [3.05, 3.63) is 48.3 Å². The van der Waals surface area contributed by atoms with Gasteiger partial charge in [-0.05, 0) is 18.2 Å². The van der Waals surface area contributed by atoms with Gasteiger partial charge in [-0.25, -0.2) is 9.97 Å². The van der Waals surface area contributed by atoms with Crippen molar-refractivity contribution in [1.29, 1.82) is 0 Å². The molecule has 1 fully saturated rings. The van der Waals surface area contributed by atoms with Crippen molar-refractivity contribution in [1.82, 2.24) is 14.9 Å². The molecule has 32 heavy (non-hydrogen) atoms. The fourth-order valence-corrected chi connectivity index (χ4v) is 4.31. The fourth-order valence-electron chi connectivity index (χ4n) is 4.31. The summed E-state index contributed by atoms with van der Waals surface area (Å²) in [6.07, 6.45) is 1.63. The van der Waals surface area contributed by atoms with Crippen molar-refractivity contribution < 1.29 is 18.6 Å². The molecular weight excluding hydrogens is 408 g/mol. The standard InChI is InChI=1S/C24H26N4O4/c1-29-19-13-21(31-3)20(30-2)12-16(19)14-27-8-10-28(11-9-27)24-23-22(25-15-26-24)17-6-4-5-7-18(17)32-23/h4-7,12-13,15H,8-11,14H2,1-3H3. The van der Waals surface area contributed by atoms with E-state index >= 15 is 0 Å². The van der Waals surface area contributed by atoms with E-state index in [1.165, 1.54) is 0 Å². The molecule has 0 unspecified atom stereocenters. The maximum absolute atomic E-state index is 6.11. The van der Waals surface area contributed by atoms with Crippen LogP contribution in [0.3, 0.4) is 0 Å². The second kappa shape index (κ2) is 8.55. The maximum Gasteiger partial charge on any atom is 0.196 e. The number of piperazine rings is 1. The highest BCUT2D eigenvalue weighted by molar-refractivity contribution is 6.05. The highest BCUT2D eigenvalue weighted by atomic mass is 16.5. The first-order chi connectivity index (χ1) is 15.7. The third-order valence-corrected chi connectivity index (χ3v) is 5.99. The normalized spacial score (nSPS) is 14.8. The average Bonchev–Trinajstić information content (AvgIpc) is 3.23. The molecule has 0 bridgehead atoms. The molecule has 0 saturated carbocycles. The van der Waals surface area contributed by atoms with Crippen LogP contribution >= 0.6 is 0 Å². The van der Waals surface area contributed by atoms with Gasteiger partial charge in [-0.1, -0.05) is 12.1 Å². The zero-order valence-electron chi connectivity index (χ0n) is 18.5. The minimum atomic E-state index is 0.663. The van der Waals surface area contributed by atoms with Gasteiger partial charge < -0.3 is 23.5 Å². The lowest BCUT2D eigenvalue weighted by atomic mass is 10.1. The predicted octanol–water partition coefficient (Wildman–Crippen LogP) is 3.72. The maximum atomic E-state index is 6.11. The molecule has 4 aromatic rings. The number of nitrogens with zero attached hydrogens (tertiary/aromatic N) is 4. The van der Waals surface area contributed by atoms with Crippen LogP contribution in [0.15, 0.2) is 47.1 Å². The lowest BCUT2D eigenvalue weighted by Gasteiger charge is -2.35. The Hall–Kier alpha value is -3.52. The van der Waals surface area contributed by atoms with Crippen molar-refractivity contribution in [2.45, 2.75) is 6.54 Å². The smallest absolute Gasteiger partial charge is 0.196 e. The van der Waals surface area contributed by atoms with Gasteiger partial charge in [-0.2, -0.15) is 0 Å². The van der Waals surface area contributed by atoms with E-state index in [2.05, 4.69) is 19.8 Å². The minimum absolute atomic E-state index is 0.663. The number of furan rings is 1. The SMILES string of the molecule is COc1cc(OC)c(OC)cc1CN1CCN(c2ncnc3c2oc2ccccc23)CC1. The molecule has 166 valence electrons. The number of hydrogen-bond acceptors (Lipinski definition) is 8. The molecule has 8 heteroatoms. The third-order valence-electron chi connectivity index (χ3n) is 5.99. The van der Waals surface area contributed by atoms with Crippen LogP contribution in [0, 0.1) is 0 Å². The van der Waals surface area contributed by atoms with Crippen LogP contribution in [0.4, 0.5) is 5.82 Å². The molecule has 5 rings (SSSR count). The molecular formula is C24H26N4O4. The number of methoxy groups -OCH3 is 3. The second-order valence-electron chi connectivity index (χ2n) is 7.76. The number of aromatic nitrogens is 2. The van der Waals surface area contributed by atoms with Crippen LogP contribution in [0.1, 0.15) is 5.56 Å². The first-order valence-electron chi connectivity index (χ1n) is 10.6. The summed E-state index contributed by atoms with van der Waals surface area (Å²) >= 11 is 0. The van der Waals surface area contributed by atoms with E-state index in [0.717, 1.165) is 71.9 Å². The summed E-state index contributed by atoms with van der Waals surface area (Å²) < 4.78 is 22.6. The molecule has 0 spiro atoms. The van der Waals surface area contributed by atoms with E-state index in [1.807, 2.05) is 36.4 Å². The van der Waals surface area contributed by atoms with Crippen molar-refractivity contribution >= 4 is 27.9 Å². The average molecular weight is 434 g/mol. The molecule has 1 saturated heterocycles. The number of anilines is 1. The van der Waals surface area contributed by atoms with Crippen LogP contribution in [0.25, 0.3) is 22.1 Å². The van der Waals surface area contributed by atoms with Crippen molar-refractivity contribution in [2.24, 2.45) is 0 Å². The van der Waals surface area contributed by atoms with E-state index in [9.17, 15) is 0 Å². The van der Waals surface area contributed by atoms with Gasteiger partial charge in [0, 0.05) is 49.7 Å². The first-order valence-corrected chi connectivity index (χ1v) is 10.6. The van der Waals surface area contributed by atoms with E-state index in [-0.39, 0.29) is 0 Å². The Morgan fingerprint density at radius 2 is 1.59 bits per heavy atom. The highest BCUT2D eigenvalue weighted by Crippen LogP contribution is 2.36. The van der Waals surface area contributed by atoms with Crippen LogP contribution in [-0.4, -0.2) is 62.4 Å². The van der Waals surface area contributed by atoms with Crippen molar-refractivity contribution in [3.8, 4) is 17.2 Å². The van der Waals surface area contributed by atoms with Crippen molar-refractivity contribution in [3.63, 3.8) is 0 Å². The molecule has 0 radical (unpaired) electrons. The summed E-state index contributed by atoms with van der Waals surface area (Å²) in [5.41, 5.74) is 3.52. The van der Waals surface area contributed by atoms with Gasteiger partial charge in [0.1, 0.15) is 23.2 Å². The first kappa shape index (κ1) is 20.4. The molecule has 1 aliphatic rings. The van der Waals surface area contributed by atoms with Gasteiger partial charge in [-0.3, -0.25) is 4.90 Å². The molecule has 0 atom stereocenters. The van der Waals surface area contributed by atoms with Crippen LogP contribution < -0.4 is 19.1 Å². The molecule has 0 N–H and O–H groups in total. The second-order valence-corrected chi connectivity index (χ2v) is 7.76. The van der Waals surface area contributed by atoms with E-state index < -0.39 is 0 Å². The minimum Gasteiger partial charge on any atom is -0.496 e. The largest absolute Gasteiger partial charge is 0.496 e. The number of rotatable bonds is 6. The molecule has 0 aliphatic carbocycles. The van der Waals surface area contributed by atoms with Gasteiger partial charge in [0.05, 0.1) is 21.3 Å². The number of para-hydroxylation sites is 1. The summed E-state index contributed by atoms with van der Waals surface area (Å²) in [5.74, 6) is 3.02. The van der Waals surface area contributed by atoms with E-state index in [4.69, 9.17) is 18.6 Å². The summed E-state index contributed by atoms with van der Waals surface area (Å²) in [7, 11) is 4.95. The molecule has 1 aliphatic heterocycles. The quantitative estimate of drug-likeness (QED) is 0.455. The molecule has 2 aromatic heterocycles. The van der Waals surface area contributed by atoms with Crippen molar-refractivity contribution in [2.75, 3.05) is 52.4 Å². The van der Waals surface area contributed by atoms with E-state index in [0.29, 0.717) is 11.5 Å².